The second kappa shape index (κ2) is 3.41. The Morgan fingerprint density at radius 2 is 2.07 bits per heavy atom. The minimum atomic E-state index is 0.585. The number of rotatable bonds is 1. The fourth-order valence-corrected chi connectivity index (χ4v) is 2.08. The fraction of sp³-hybridized carbons (Fsp3) is 0.273. The zero-order valence-corrected chi connectivity index (χ0v) is 9.93. The first-order valence-electron chi connectivity index (χ1n) is 4.58. The molecule has 0 bridgehead atoms. The third-order valence-electron chi connectivity index (χ3n) is 2.63. The van der Waals surface area contributed by atoms with Gasteiger partial charge in [-0.1, -0.05) is 15.9 Å². The van der Waals surface area contributed by atoms with Crippen molar-refractivity contribution in [1.29, 1.82) is 0 Å². The van der Waals surface area contributed by atoms with E-state index in [9.17, 15) is 0 Å². The molecular weight excluding hydrogens is 240 g/mol. The van der Waals surface area contributed by atoms with E-state index in [2.05, 4.69) is 52.7 Å². The highest BCUT2D eigenvalue weighted by atomic mass is 79.9. The minimum Gasteiger partial charge on any atom is -0.346 e. The number of benzene rings is 1. The second-order valence-electron chi connectivity index (χ2n) is 3.56. The molecule has 74 valence electrons. The predicted octanol–water partition coefficient (Wildman–Crippen LogP) is 2.71. The van der Waals surface area contributed by atoms with Gasteiger partial charge >= 0.3 is 0 Å². The lowest BCUT2D eigenvalue weighted by atomic mass is 10.2. The molecule has 0 unspecified atom stereocenters. The Hall–Kier alpha value is -0.800. The van der Waals surface area contributed by atoms with E-state index in [0.29, 0.717) is 6.54 Å². The molecule has 1 aromatic carbocycles. The summed E-state index contributed by atoms with van der Waals surface area (Å²) >= 11 is 3.53. The molecule has 0 saturated carbocycles. The van der Waals surface area contributed by atoms with Crippen molar-refractivity contribution in [2.24, 2.45) is 12.8 Å². The maximum absolute atomic E-state index is 5.66. The molecule has 0 fully saturated rings. The van der Waals surface area contributed by atoms with Crippen LogP contribution in [0.5, 0.6) is 0 Å². The smallest absolute Gasteiger partial charge is 0.0483 e. The molecular formula is C11H13BrN2. The molecule has 0 spiro atoms. The first-order valence-corrected chi connectivity index (χ1v) is 5.37. The van der Waals surface area contributed by atoms with E-state index in [1.807, 2.05) is 0 Å². The van der Waals surface area contributed by atoms with Gasteiger partial charge < -0.3 is 10.3 Å². The lowest BCUT2D eigenvalue weighted by Crippen LogP contribution is -2.02. The summed E-state index contributed by atoms with van der Waals surface area (Å²) in [5.41, 5.74) is 9.32. The van der Waals surface area contributed by atoms with Crippen LogP contribution < -0.4 is 5.73 Å². The van der Waals surface area contributed by atoms with Gasteiger partial charge in [-0.2, -0.15) is 0 Å². The molecule has 0 amide bonds. The van der Waals surface area contributed by atoms with Crippen LogP contribution in [-0.2, 0) is 13.6 Å². The lowest BCUT2D eigenvalue weighted by Gasteiger charge is -2.02. The topological polar surface area (TPSA) is 30.9 Å². The van der Waals surface area contributed by atoms with Gasteiger partial charge in [-0.25, -0.2) is 0 Å². The molecule has 0 radical (unpaired) electrons. The number of nitrogens with zero attached hydrogens (tertiary/aromatic N) is 1. The molecule has 1 aromatic heterocycles. The summed E-state index contributed by atoms with van der Waals surface area (Å²) in [6.07, 6.45) is 0. The molecule has 0 aliphatic rings. The van der Waals surface area contributed by atoms with Crippen molar-refractivity contribution in [3.8, 4) is 0 Å². The second-order valence-corrected chi connectivity index (χ2v) is 4.41. The number of hydrogen-bond donors (Lipinski definition) is 1. The van der Waals surface area contributed by atoms with Crippen LogP contribution in [0.3, 0.4) is 0 Å². The van der Waals surface area contributed by atoms with Gasteiger partial charge in [-0.05, 0) is 30.7 Å². The molecule has 1 heterocycles. The number of hydrogen-bond acceptors (Lipinski definition) is 1. The van der Waals surface area contributed by atoms with Crippen LogP contribution in [0.2, 0.25) is 0 Å². The Morgan fingerprint density at radius 1 is 1.36 bits per heavy atom. The molecule has 0 saturated heterocycles. The summed E-state index contributed by atoms with van der Waals surface area (Å²) < 4.78 is 3.30. The van der Waals surface area contributed by atoms with Crippen LogP contribution in [0, 0.1) is 6.92 Å². The number of aryl methyl sites for hydroxylation is 2. The third kappa shape index (κ3) is 1.37. The first kappa shape index (κ1) is 9.74. The van der Waals surface area contributed by atoms with E-state index in [1.54, 1.807) is 0 Å². The van der Waals surface area contributed by atoms with Crippen molar-refractivity contribution in [1.82, 2.24) is 4.57 Å². The average Bonchev–Trinajstić information content (AvgIpc) is 2.45. The quantitative estimate of drug-likeness (QED) is 0.832. The lowest BCUT2D eigenvalue weighted by molar-refractivity contribution is 0.849. The van der Waals surface area contributed by atoms with E-state index < -0.39 is 0 Å². The minimum absolute atomic E-state index is 0.585. The van der Waals surface area contributed by atoms with Gasteiger partial charge in [0.2, 0.25) is 0 Å². The summed E-state index contributed by atoms with van der Waals surface area (Å²) in [6.45, 7) is 2.68. The van der Waals surface area contributed by atoms with Crippen LogP contribution in [0.1, 0.15) is 11.3 Å². The molecule has 2 aromatic rings. The Labute approximate surface area is 91.8 Å². The van der Waals surface area contributed by atoms with Crippen molar-refractivity contribution in [3.63, 3.8) is 0 Å². The van der Waals surface area contributed by atoms with E-state index in [0.717, 1.165) is 10.2 Å². The van der Waals surface area contributed by atoms with Crippen LogP contribution in [0.15, 0.2) is 22.7 Å². The van der Waals surface area contributed by atoms with Crippen molar-refractivity contribution in [2.75, 3.05) is 0 Å². The van der Waals surface area contributed by atoms with Gasteiger partial charge in [0.1, 0.15) is 0 Å². The number of aromatic nitrogens is 1. The average molecular weight is 253 g/mol. The van der Waals surface area contributed by atoms with E-state index in [1.165, 1.54) is 16.5 Å². The molecule has 0 atom stereocenters. The van der Waals surface area contributed by atoms with Crippen molar-refractivity contribution in [3.05, 3.63) is 33.9 Å². The van der Waals surface area contributed by atoms with Gasteiger partial charge in [0.15, 0.2) is 0 Å². The van der Waals surface area contributed by atoms with Crippen molar-refractivity contribution in [2.45, 2.75) is 13.5 Å². The van der Waals surface area contributed by atoms with Gasteiger partial charge in [-0.15, -0.1) is 0 Å². The molecule has 2 rings (SSSR count). The van der Waals surface area contributed by atoms with E-state index >= 15 is 0 Å². The molecule has 2 nitrogen and oxygen atoms in total. The largest absolute Gasteiger partial charge is 0.346 e. The predicted molar refractivity (Wildman–Crippen MR) is 63.2 cm³/mol. The zero-order valence-electron chi connectivity index (χ0n) is 8.34. The number of halogens is 1. The molecule has 0 aliphatic heterocycles. The number of fused-ring (bicyclic) bond motifs is 1. The SMILES string of the molecule is Cc1cc2c(cc1Br)cc(CN)n2C. The molecule has 3 heteroatoms. The molecule has 0 aliphatic carbocycles. The van der Waals surface area contributed by atoms with Crippen LogP contribution in [-0.4, -0.2) is 4.57 Å². The van der Waals surface area contributed by atoms with Crippen LogP contribution in [0.25, 0.3) is 10.9 Å². The van der Waals surface area contributed by atoms with E-state index in [4.69, 9.17) is 5.73 Å². The monoisotopic (exact) mass is 252 g/mol. The normalized spacial score (nSPS) is 11.1. The summed E-state index contributed by atoms with van der Waals surface area (Å²) in [4.78, 5) is 0. The zero-order chi connectivity index (χ0) is 10.3. The van der Waals surface area contributed by atoms with Gasteiger partial charge in [0, 0.05) is 34.7 Å². The fourth-order valence-electron chi connectivity index (χ4n) is 1.71. The summed E-state index contributed by atoms with van der Waals surface area (Å²) in [7, 11) is 2.05. The standard InChI is InChI=1S/C11H13BrN2/c1-7-3-11-8(5-10(7)12)4-9(6-13)14(11)2/h3-5H,6,13H2,1-2H3. The third-order valence-corrected chi connectivity index (χ3v) is 3.49. The molecule has 2 N–H and O–H groups in total. The van der Waals surface area contributed by atoms with E-state index in [-0.39, 0.29) is 0 Å². The Morgan fingerprint density at radius 3 is 2.71 bits per heavy atom. The van der Waals surface area contributed by atoms with Crippen LogP contribution in [0.4, 0.5) is 0 Å². The van der Waals surface area contributed by atoms with Gasteiger partial charge in [0.25, 0.3) is 0 Å². The summed E-state index contributed by atoms with van der Waals surface area (Å²) in [6, 6.07) is 6.46. The Kier molecular flexibility index (Phi) is 2.37. The first-order chi connectivity index (χ1) is 6.63. The molecule has 14 heavy (non-hydrogen) atoms. The highest BCUT2D eigenvalue weighted by molar-refractivity contribution is 9.10. The van der Waals surface area contributed by atoms with Gasteiger partial charge in [-0.3, -0.25) is 0 Å². The Bertz CT molecular complexity index is 485. The van der Waals surface area contributed by atoms with Gasteiger partial charge in [0.05, 0.1) is 0 Å². The number of nitrogens with two attached hydrogens (primary N) is 1. The summed E-state index contributed by atoms with van der Waals surface area (Å²) in [5.74, 6) is 0. The van der Waals surface area contributed by atoms with Crippen molar-refractivity contribution < 1.29 is 0 Å². The van der Waals surface area contributed by atoms with Crippen molar-refractivity contribution >= 4 is 26.8 Å². The maximum atomic E-state index is 5.66. The highest BCUT2D eigenvalue weighted by Gasteiger charge is 2.06. The Balaban J connectivity index is 2.80. The summed E-state index contributed by atoms with van der Waals surface area (Å²) in [5, 5.41) is 1.24. The maximum Gasteiger partial charge on any atom is 0.0483 e. The van der Waals surface area contributed by atoms with Crippen LogP contribution >= 0.6 is 15.9 Å². The highest BCUT2D eigenvalue weighted by Crippen LogP contribution is 2.25.